The van der Waals surface area contributed by atoms with Crippen LogP contribution in [0.15, 0.2) is 12.2 Å². The van der Waals surface area contributed by atoms with E-state index in [1.807, 2.05) is 6.08 Å². The minimum absolute atomic E-state index is 0.0530. The van der Waals surface area contributed by atoms with Crippen LogP contribution in [0.5, 0.6) is 0 Å². The maximum atomic E-state index is 11.3. The highest BCUT2D eigenvalue weighted by Gasteiger charge is 2.27. The number of hydrogen-bond donors (Lipinski definition) is 1. The fraction of sp³-hybridized carbons (Fsp3) is 0.700. The molecule has 1 saturated heterocycles. The van der Waals surface area contributed by atoms with Gasteiger partial charge < -0.3 is 10.0 Å². The number of nitrogens with zero attached hydrogens (tertiary/aromatic N) is 1. The molecule has 1 N–H and O–H groups in total. The summed E-state index contributed by atoms with van der Waals surface area (Å²) in [5.74, 6) is 0.687. The van der Waals surface area contributed by atoms with Gasteiger partial charge in [0.25, 0.3) is 0 Å². The lowest BCUT2D eigenvalue weighted by atomic mass is 9.85. The summed E-state index contributed by atoms with van der Waals surface area (Å²) in [5, 5.41) is 8.98. The SMILES string of the molecule is O=C(/C=C/C1CCC1)N1CC(O)C1. The van der Waals surface area contributed by atoms with E-state index >= 15 is 0 Å². The zero-order valence-electron chi connectivity index (χ0n) is 7.65. The predicted octanol–water partition coefficient (Wildman–Crippen LogP) is 0.546. The molecule has 1 amide bonds. The van der Waals surface area contributed by atoms with Crippen molar-refractivity contribution in [3.8, 4) is 0 Å². The molecule has 72 valence electrons. The molecule has 1 aliphatic carbocycles. The molecule has 1 aliphatic heterocycles. The number of hydrogen-bond acceptors (Lipinski definition) is 2. The Bertz CT molecular complexity index is 227. The molecule has 0 aromatic carbocycles. The Morgan fingerprint density at radius 3 is 2.54 bits per heavy atom. The first-order valence-electron chi connectivity index (χ1n) is 4.91. The third-order valence-corrected chi connectivity index (χ3v) is 2.83. The van der Waals surface area contributed by atoms with Crippen LogP contribution in [0.3, 0.4) is 0 Å². The van der Waals surface area contributed by atoms with Gasteiger partial charge in [0.05, 0.1) is 6.10 Å². The lowest BCUT2D eigenvalue weighted by Crippen LogP contribution is -2.52. The summed E-state index contributed by atoms with van der Waals surface area (Å²) < 4.78 is 0. The van der Waals surface area contributed by atoms with Gasteiger partial charge in [0.15, 0.2) is 0 Å². The summed E-state index contributed by atoms with van der Waals surface area (Å²) >= 11 is 0. The predicted molar refractivity (Wildman–Crippen MR) is 49.1 cm³/mol. The van der Waals surface area contributed by atoms with Crippen molar-refractivity contribution in [2.75, 3.05) is 13.1 Å². The second kappa shape index (κ2) is 3.50. The molecule has 1 heterocycles. The fourth-order valence-corrected chi connectivity index (χ4v) is 1.59. The Morgan fingerprint density at radius 2 is 2.08 bits per heavy atom. The molecule has 0 aromatic rings. The van der Waals surface area contributed by atoms with E-state index in [0.29, 0.717) is 19.0 Å². The Labute approximate surface area is 78.0 Å². The largest absolute Gasteiger partial charge is 0.389 e. The van der Waals surface area contributed by atoms with Crippen LogP contribution in [-0.4, -0.2) is 35.1 Å². The average molecular weight is 181 g/mol. The second-order valence-corrected chi connectivity index (χ2v) is 3.95. The van der Waals surface area contributed by atoms with Crippen molar-refractivity contribution in [1.29, 1.82) is 0 Å². The monoisotopic (exact) mass is 181 g/mol. The van der Waals surface area contributed by atoms with Crippen LogP contribution in [0.2, 0.25) is 0 Å². The van der Waals surface area contributed by atoms with Crippen LogP contribution in [-0.2, 0) is 4.79 Å². The number of aliphatic hydroxyl groups is 1. The molecular weight excluding hydrogens is 166 g/mol. The molecule has 0 bridgehead atoms. The summed E-state index contributed by atoms with van der Waals surface area (Å²) in [6.45, 7) is 1.02. The molecule has 2 fully saturated rings. The van der Waals surface area contributed by atoms with Gasteiger partial charge in [-0.05, 0) is 24.8 Å². The zero-order valence-corrected chi connectivity index (χ0v) is 7.65. The fourth-order valence-electron chi connectivity index (χ4n) is 1.59. The summed E-state index contributed by atoms with van der Waals surface area (Å²) in [5.41, 5.74) is 0. The van der Waals surface area contributed by atoms with E-state index in [2.05, 4.69) is 0 Å². The third kappa shape index (κ3) is 1.91. The molecule has 13 heavy (non-hydrogen) atoms. The van der Waals surface area contributed by atoms with Crippen molar-refractivity contribution < 1.29 is 9.90 Å². The topological polar surface area (TPSA) is 40.5 Å². The number of amides is 1. The van der Waals surface area contributed by atoms with Crippen LogP contribution in [0.1, 0.15) is 19.3 Å². The Morgan fingerprint density at radius 1 is 1.38 bits per heavy atom. The van der Waals surface area contributed by atoms with Gasteiger partial charge in [-0.3, -0.25) is 4.79 Å². The van der Waals surface area contributed by atoms with Crippen LogP contribution in [0.25, 0.3) is 0 Å². The van der Waals surface area contributed by atoms with Crippen molar-refractivity contribution in [3.63, 3.8) is 0 Å². The number of carbonyl (C=O) groups excluding carboxylic acids is 1. The van der Waals surface area contributed by atoms with Crippen molar-refractivity contribution in [1.82, 2.24) is 4.90 Å². The number of allylic oxidation sites excluding steroid dienone is 1. The molecule has 0 atom stereocenters. The molecule has 0 unspecified atom stereocenters. The Hall–Kier alpha value is -0.830. The normalized spacial score (nSPS) is 24.5. The first-order valence-corrected chi connectivity index (χ1v) is 4.91. The molecule has 0 aromatic heterocycles. The summed E-state index contributed by atoms with van der Waals surface area (Å²) in [4.78, 5) is 13.0. The summed E-state index contributed by atoms with van der Waals surface area (Å²) in [7, 11) is 0. The van der Waals surface area contributed by atoms with Crippen LogP contribution in [0.4, 0.5) is 0 Å². The van der Waals surface area contributed by atoms with Gasteiger partial charge >= 0.3 is 0 Å². The Balaban J connectivity index is 1.74. The zero-order chi connectivity index (χ0) is 9.26. The van der Waals surface area contributed by atoms with Crippen molar-refractivity contribution in [3.05, 3.63) is 12.2 Å². The van der Waals surface area contributed by atoms with Gasteiger partial charge in [-0.1, -0.05) is 12.5 Å². The van der Waals surface area contributed by atoms with E-state index in [0.717, 1.165) is 0 Å². The van der Waals surface area contributed by atoms with Crippen molar-refractivity contribution in [2.45, 2.75) is 25.4 Å². The number of carbonyl (C=O) groups is 1. The molecule has 1 saturated carbocycles. The van der Waals surface area contributed by atoms with Crippen LogP contribution >= 0.6 is 0 Å². The molecular formula is C10H15NO2. The van der Waals surface area contributed by atoms with E-state index in [4.69, 9.17) is 5.11 Å². The van der Waals surface area contributed by atoms with E-state index in [1.54, 1.807) is 11.0 Å². The van der Waals surface area contributed by atoms with E-state index < -0.39 is 0 Å². The Kier molecular flexibility index (Phi) is 2.36. The number of rotatable bonds is 2. The number of β-amino-alcohol motifs (C(OH)–C–C–N with tert-alkyl or cyclic N) is 1. The summed E-state index contributed by atoms with van der Waals surface area (Å²) in [6, 6.07) is 0. The first-order chi connectivity index (χ1) is 6.25. The second-order valence-electron chi connectivity index (χ2n) is 3.95. The quantitative estimate of drug-likeness (QED) is 0.632. The highest BCUT2D eigenvalue weighted by molar-refractivity contribution is 5.88. The highest BCUT2D eigenvalue weighted by atomic mass is 16.3. The molecule has 3 nitrogen and oxygen atoms in total. The van der Waals surface area contributed by atoms with Gasteiger partial charge in [0.2, 0.25) is 5.91 Å². The minimum Gasteiger partial charge on any atom is -0.389 e. The lowest BCUT2D eigenvalue weighted by Gasteiger charge is -2.35. The smallest absolute Gasteiger partial charge is 0.246 e. The standard InChI is InChI=1S/C10H15NO2/c12-9-6-11(7-9)10(13)5-4-8-2-1-3-8/h4-5,8-9,12H,1-3,6-7H2/b5-4+. The molecule has 2 aliphatic rings. The molecule has 0 spiro atoms. The number of aliphatic hydroxyl groups excluding tert-OH is 1. The number of likely N-dealkylation sites (tertiary alicyclic amines) is 1. The summed E-state index contributed by atoms with van der Waals surface area (Å²) in [6.07, 6.45) is 7.14. The van der Waals surface area contributed by atoms with E-state index in [9.17, 15) is 4.79 Å². The average Bonchev–Trinajstić information content (AvgIpc) is 1.95. The van der Waals surface area contributed by atoms with Gasteiger partial charge in [-0.2, -0.15) is 0 Å². The first kappa shape index (κ1) is 8.75. The van der Waals surface area contributed by atoms with Gasteiger partial charge in [0, 0.05) is 13.1 Å². The van der Waals surface area contributed by atoms with Crippen molar-refractivity contribution >= 4 is 5.91 Å². The molecule has 0 radical (unpaired) electrons. The van der Waals surface area contributed by atoms with E-state index in [1.165, 1.54) is 19.3 Å². The highest BCUT2D eigenvalue weighted by Crippen LogP contribution is 2.27. The van der Waals surface area contributed by atoms with Gasteiger partial charge in [-0.25, -0.2) is 0 Å². The molecule has 3 heteroatoms. The van der Waals surface area contributed by atoms with Gasteiger partial charge in [-0.15, -0.1) is 0 Å². The maximum absolute atomic E-state index is 11.3. The van der Waals surface area contributed by atoms with E-state index in [-0.39, 0.29) is 12.0 Å². The van der Waals surface area contributed by atoms with Crippen LogP contribution in [0, 0.1) is 5.92 Å². The maximum Gasteiger partial charge on any atom is 0.246 e. The van der Waals surface area contributed by atoms with Crippen LogP contribution < -0.4 is 0 Å². The van der Waals surface area contributed by atoms with Crippen molar-refractivity contribution in [2.24, 2.45) is 5.92 Å². The third-order valence-electron chi connectivity index (χ3n) is 2.83. The minimum atomic E-state index is -0.291. The lowest BCUT2D eigenvalue weighted by molar-refractivity contribution is -0.135. The van der Waals surface area contributed by atoms with Gasteiger partial charge in [0.1, 0.15) is 0 Å². The molecule has 2 rings (SSSR count).